The maximum Gasteiger partial charge on any atom is 0.0991 e. The number of thiophene rings is 1. The van der Waals surface area contributed by atoms with Crippen molar-refractivity contribution in [2.75, 3.05) is 0 Å². The molecule has 2 rings (SSSR count). The summed E-state index contributed by atoms with van der Waals surface area (Å²) >= 11 is 1.60. The smallest absolute Gasteiger partial charge is 0.0991 e. The Hall–Kier alpha value is -1.30. The van der Waals surface area contributed by atoms with E-state index in [1.165, 1.54) is 10.1 Å². The summed E-state index contributed by atoms with van der Waals surface area (Å²) < 4.78 is 1.19. The number of terminal acetylenes is 1. The van der Waals surface area contributed by atoms with Crippen LogP contribution in [0.5, 0.6) is 0 Å². The van der Waals surface area contributed by atoms with Crippen LogP contribution in [0.1, 0.15) is 17.4 Å². The fourth-order valence-corrected chi connectivity index (χ4v) is 2.43. The minimum Gasteiger partial charge on any atom is -0.387 e. The van der Waals surface area contributed by atoms with Crippen molar-refractivity contribution in [2.45, 2.75) is 12.5 Å². The minimum atomic E-state index is -0.516. The number of rotatable bonds is 2. The fourth-order valence-electron chi connectivity index (χ4n) is 1.38. The maximum absolute atomic E-state index is 9.69. The Kier molecular flexibility index (Phi) is 2.53. The Morgan fingerprint density at radius 2 is 2.21 bits per heavy atom. The second-order valence-corrected chi connectivity index (χ2v) is 4.23. The van der Waals surface area contributed by atoms with Crippen molar-refractivity contribution < 1.29 is 5.11 Å². The third kappa shape index (κ3) is 1.65. The van der Waals surface area contributed by atoms with E-state index in [1.807, 2.05) is 30.3 Å². The van der Waals surface area contributed by atoms with E-state index in [-0.39, 0.29) is 0 Å². The highest BCUT2D eigenvalue weighted by atomic mass is 32.1. The molecule has 2 aromatic rings. The first-order valence-corrected chi connectivity index (χ1v) is 5.23. The predicted molar refractivity (Wildman–Crippen MR) is 60.2 cm³/mol. The van der Waals surface area contributed by atoms with Crippen molar-refractivity contribution in [1.82, 2.24) is 0 Å². The average molecular weight is 202 g/mol. The van der Waals surface area contributed by atoms with Gasteiger partial charge in [-0.25, -0.2) is 0 Å². The molecule has 1 aromatic carbocycles. The molecule has 2 heteroatoms. The fraction of sp³-hybridized carbons (Fsp3) is 0.167. The van der Waals surface area contributed by atoms with Crippen LogP contribution in [0.25, 0.3) is 10.1 Å². The molecule has 0 bridgehead atoms. The van der Waals surface area contributed by atoms with Gasteiger partial charge in [-0.3, -0.25) is 0 Å². The van der Waals surface area contributed by atoms with E-state index < -0.39 is 6.10 Å². The molecule has 70 valence electrons. The summed E-state index contributed by atoms with van der Waals surface area (Å²) in [6.45, 7) is 0. The first-order chi connectivity index (χ1) is 6.81. The zero-order valence-electron chi connectivity index (χ0n) is 7.60. The number of hydrogen-bond donors (Lipinski definition) is 1. The van der Waals surface area contributed by atoms with Crippen molar-refractivity contribution in [3.8, 4) is 12.3 Å². The molecule has 1 aromatic heterocycles. The number of aliphatic hydroxyl groups excluding tert-OH is 1. The van der Waals surface area contributed by atoms with Gasteiger partial charge in [-0.2, -0.15) is 0 Å². The summed E-state index contributed by atoms with van der Waals surface area (Å²) in [5, 5.41) is 10.9. The van der Waals surface area contributed by atoms with Crippen molar-refractivity contribution >= 4 is 21.4 Å². The van der Waals surface area contributed by atoms with Crippen LogP contribution in [-0.4, -0.2) is 5.11 Å². The Balaban J connectivity index is 2.41. The SMILES string of the molecule is C#CCC(O)c1cc2ccccc2s1. The lowest BCUT2D eigenvalue weighted by Crippen LogP contribution is -1.90. The van der Waals surface area contributed by atoms with Crippen LogP contribution in [0, 0.1) is 12.3 Å². The molecule has 0 saturated carbocycles. The Morgan fingerprint density at radius 1 is 1.43 bits per heavy atom. The molecule has 0 aliphatic rings. The first kappa shape index (κ1) is 9.26. The van der Waals surface area contributed by atoms with Crippen LogP contribution < -0.4 is 0 Å². The molecule has 0 aliphatic carbocycles. The van der Waals surface area contributed by atoms with Crippen LogP contribution in [0.2, 0.25) is 0 Å². The highest BCUT2D eigenvalue weighted by molar-refractivity contribution is 7.19. The molecule has 0 fully saturated rings. The van der Waals surface area contributed by atoms with Crippen LogP contribution >= 0.6 is 11.3 Å². The van der Waals surface area contributed by atoms with E-state index in [2.05, 4.69) is 5.92 Å². The maximum atomic E-state index is 9.69. The van der Waals surface area contributed by atoms with E-state index in [4.69, 9.17) is 6.42 Å². The molecule has 0 radical (unpaired) electrons. The van der Waals surface area contributed by atoms with E-state index in [0.717, 1.165) is 4.88 Å². The zero-order valence-corrected chi connectivity index (χ0v) is 8.42. The topological polar surface area (TPSA) is 20.2 Å². The highest BCUT2D eigenvalue weighted by Crippen LogP contribution is 2.30. The molecule has 1 nitrogen and oxygen atoms in total. The summed E-state index contributed by atoms with van der Waals surface area (Å²) in [4.78, 5) is 0.948. The summed E-state index contributed by atoms with van der Waals surface area (Å²) in [5.41, 5.74) is 0. The second-order valence-electron chi connectivity index (χ2n) is 3.11. The minimum absolute atomic E-state index is 0.382. The lowest BCUT2D eigenvalue weighted by Gasteiger charge is -2.01. The number of benzene rings is 1. The van der Waals surface area contributed by atoms with Gasteiger partial charge in [-0.1, -0.05) is 18.2 Å². The number of fused-ring (bicyclic) bond motifs is 1. The summed E-state index contributed by atoms with van der Waals surface area (Å²) in [5.74, 6) is 2.47. The molecule has 0 aliphatic heterocycles. The molecule has 1 heterocycles. The van der Waals surface area contributed by atoms with E-state index in [1.54, 1.807) is 11.3 Å². The monoisotopic (exact) mass is 202 g/mol. The molecular weight excluding hydrogens is 192 g/mol. The molecule has 0 saturated heterocycles. The van der Waals surface area contributed by atoms with E-state index in [0.29, 0.717) is 6.42 Å². The van der Waals surface area contributed by atoms with Gasteiger partial charge in [0.05, 0.1) is 6.10 Å². The van der Waals surface area contributed by atoms with Crippen LogP contribution in [-0.2, 0) is 0 Å². The quantitative estimate of drug-likeness (QED) is 0.742. The Bertz CT molecular complexity index is 445. The number of hydrogen-bond acceptors (Lipinski definition) is 2. The van der Waals surface area contributed by atoms with Gasteiger partial charge in [0.2, 0.25) is 0 Å². The summed E-state index contributed by atoms with van der Waals surface area (Å²) in [6.07, 6.45) is 5.02. The number of aliphatic hydroxyl groups is 1. The molecule has 0 amide bonds. The highest BCUT2D eigenvalue weighted by Gasteiger charge is 2.09. The Labute approximate surface area is 87.0 Å². The van der Waals surface area contributed by atoms with Gasteiger partial charge in [0.15, 0.2) is 0 Å². The van der Waals surface area contributed by atoms with E-state index >= 15 is 0 Å². The van der Waals surface area contributed by atoms with Gasteiger partial charge < -0.3 is 5.11 Å². The summed E-state index contributed by atoms with van der Waals surface area (Å²) in [7, 11) is 0. The van der Waals surface area contributed by atoms with Crippen molar-refractivity contribution in [3.05, 3.63) is 35.2 Å². The lowest BCUT2D eigenvalue weighted by atomic mass is 10.2. The largest absolute Gasteiger partial charge is 0.387 e. The van der Waals surface area contributed by atoms with Crippen LogP contribution in [0.15, 0.2) is 30.3 Å². The molecule has 1 atom stereocenters. The normalized spacial score (nSPS) is 12.6. The Morgan fingerprint density at radius 3 is 2.93 bits per heavy atom. The standard InChI is InChI=1S/C12H10OS/c1-2-5-10(13)12-8-9-6-3-4-7-11(9)14-12/h1,3-4,6-8,10,13H,5H2. The lowest BCUT2D eigenvalue weighted by molar-refractivity contribution is 0.188. The van der Waals surface area contributed by atoms with Gasteiger partial charge in [0.25, 0.3) is 0 Å². The van der Waals surface area contributed by atoms with Crippen LogP contribution in [0.3, 0.4) is 0 Å². The first-order valence-electron chi connectivity index (χ1n) is 4.41. The van der Waals surface area contributed by atoms with Gasteiger partial charge in [-0.15, -0.1) is 23.7 Å². The zero-order chi connectivity index (χ0) is 9.97. The summed E-state index contributed by atoms with van der Waals surface area (Å²) in [6, 6.07) is 10.1. The van der Waals surface area contributed by atoms with Crippen LogP contribution in [0.4, 0.5) is 0 Å². The van der Waals surface area contributed by atoms with Crippen molar-refractivity contribution in [2.24, 2.45) is 0 Å². The third-order valence-corrected chi connectivity index (χ3v) is 3.30. The predicted octanol–water partition coefficient (Wildman–Crippen LogP) is 2.96. The third-order valence-electron chi connectivity index (χ3n) is 2.08. The van der Waals surface area contributed by atoms with Crippen molar-refractivity contribution in [3.63, 3.8) is 0 Å². The van der Waals surface area contributed by atoms with E-state index in [9.17, 15) is 5.11 Å². The van der Waals surface area contributed by atoms with Crippen molar-refractivity contribution in [1.29, 1.82) is 0 Å². The van der Waals surface area contributed by atoms with Gasteiger partial charge >= 0.3 is 0 Å². The van der Waals surface area contributed by atoms with Gasteiger partial charge in [0.1, 0.15) is 0 Å². The second kappa shape index (κ2) is 3.83. The molecular formula is C12H10OS. The van der Waals surface area contributed by atoms with Gasteiger partial charge in [0, 0.05) is 16.0 Å². The average Bonchev–Trinajstić information content (AvgIpc) is 2.61. The molecule has 14 heavy (non-hydrogen) atoms. The molecule has 1 N–H and O–H groups in total. The van der Waals surface area contributed by atoms with Gasteiger partial charge in [-0.05, 0) is 17.5 Å². The molecule has 1 unspecified atom stereocenters. The molecule has 0 spiro atoms.